The third kappa shape index (κ3) is 3.54. The number of anilines is 1. The molecule has 4 nitrogen and oxygen atoms in total. The van der Waals surface area contributed by atoms with E-state index in [0.29, 0.717) is 5.82 Å². The van der Waals surface area contributed by atoms with Gasteiger partial charge in [0.1, 0.15) is 5.82 Å². The molecule has 1 unspecified atom stereocenters. The molecule has 0 spiro atoms. The molecule has 0 bridgehead atoms. The van der Waals surface area contributed by atoms with Gasteiger partial charge >= 0.3 is 5.97 Å². The van der Waals surface area contributed by atoms with Crippen LogP contribution in [0.5, 0.6) is 0 Å². The van der Waals surface area contributed by atoms with Crippen molar-refractivity contribution in [2.24, 2.45) is 0 Å². The smallest absolute Gasteiger partial charge is 0.335 e. The van der Waals surface area contributed by atoms with E-state index in [0.717, 1.165) is 12.8 Å². The van der Waals surface area contributed by atoms with Crippen LogP contribution in [0, 0.1) is 0 Å². The van der Waals surface area contributed by atoms with Crippen molar-refractivity contribution in [2.75, 3.05) is 5.32 Å². The minimum atomic E-state index is -0.936. The third-order valence-electron chi connectivity index (χ3n) is 2.79. The molecule has 0 aliphatic carbocycles. The Morgan fingerprint density at radius 3 is 3.00 bits per heavy atom. The van der Waals surface area contributed by atoms with Gasteiger partial charge in [0, 0.05) is 11.1 Å². The SMILES string of the molecule is CCCC(Nc1cc(C(=O)O)ccn1)c1cccs1. The zero-order valence-electron chi connectivity index (χ0n) is 10.7. The van der Waals surface area contributed by atoms with Crippen LogP contribution in [0.2, 0.25) is 0 Å². The largest absolute Gasteiger partial charge is 0.478 e. The summed E-state index contributed by atoms with van der Waals surface area (Å²) in [7, 11) is 0. The summed E-state index contributed by atoms with van der Waals surface area (Å²) in [5, 5.41) is 14.3. The quantitative estimate of drug-likeness (QED) is 0.842. The minimum absolute atomic E-state index is 0.182. The summed E-state index contributed by atoms with van der Waals surface area (Å²) >= 11 is 1.69. The maximum Gasteiger partial charge on any atom is 0.335 e. The Morgan fingerprint density at radius 2 is 2.37 bits per heavy atom. The molecular formula is C14H16N2O2S. The van der Waals surface area contributed by atoms with Crippen LogP contribution in [0.4, 0.5) is 5.82 Å². The topological polar surface area (TPSA) is 62.2 Å². The first-order chi connectivity index (χ1) is 9.20. The highest BCUT2D eigenvalue weighted by atomic mass is 32.1. The van der Waals surface area contributed by atoms with E-state index in [1.54, 1.807) is 17.4 Å². The Hall–Kier alpha value is -1.88. The summed E-state index contributed by atoms with van der Waals surface area (Å²) in [5.74, 6) is -0.333. The van der Waals surface area contributed by atoms with Crippen LogP contribution in [0.3, 0.4) is 0 Å². The highest BCUT2D eigenvalue weighted by Crippen LogP contribution is 2.26. The average Bonchev–Trinajstić information content (AvgIpc) is 2.92. The molecule has 2 N–H and O–H groups in total. The molecule has 5 heteroatoms. The number of aromatic nitrogens is 1. The summed E-state index contributed by atoms with van der Waals surface area (Å²) in [6.45, 7) is 2.13. The fourth-order valence-electron chi connectivity index (χ4n) is 1.88. The number of hydrogen-bond donors (Lipinski definition) is 2. The molecule has 0 aliphatic rings. The van der Waals surface area contributed by atoms with Crippen molar-refractivity contribution in [3.63, 3.8) is 0 Å². The maximum absolute atomic E-state index is 10.9. The van der Waals surface area contributed by atoms with Crippen molar-refractivity contribution in [2.45, 2.75) is 25.8 Å². The van der Waals surface area contributed by atoms with Gasteiger partial charge in [-0.15, -0.1) is 11.3 Å². The van der Waals surface area contributed by atoms with Crippen molar-refractivity contribution in [3.8, 4) is 0 Å². The van der Waals surface area contributed by atoms with E-state index in [1.807, 2.05) is 11.4 Å². The summed E-state index contributed by atoms with van der Waals surface area (Å²) in [6.07, 6.45) is 3.55. The highest BCUT2D eigenvalue weighted by molar-refractivity contribution is 7.10. The second-order valence-corrected chi connectivity index (χ2v) is 5.22. The first-order valence-corrected chi connectivity index (χ1v) is 7.08. The number of carboxylic acid groups (broad SMARTS) is 1. The average molecular weight is 276 g/mol. The standard InChI is InChI=1S/C14H16N2O2S/c1-2-4-11(12-5-3-8-19-12)16-13-9-10(14(17)18)6-7-15-13/h3,5-9,11H,2,4H2,1H3,(H,15,16)(H,17,18). The predicted octanol–water partition coefficient (Wildman–Crippen LogP) is 3.79. The number of nitrogens with one attached hydrogen (secondary N) is 1. The molecule has 0 amide bonds. The van der Waals surface area contributed by atoms with E-state index < -0.39 is 5.97 Å². The van der Waals surface area contributed by atoms with Gasteiger partial charge in [-0.25, -0.2) is 9.78 Å². The van der Waals surface area contributed by atoms with Crippen molar-refractivity contribution in [1.29, 1.82) is 0 Å². The van der Waals surface area contributed by atoms with E-state index in [2.05, 4.69) is 23.3 Å². The normalized spacial score (nSPS) is 12.1. The molecule has 100 valence electrons. The van der Waals surface area contributed by atoms with Crippen molar-refractivity contribution in [1.82, 2.24) is 4.98 Å². The zero-order chi connectivity index (χ0) is 13.7. The molecule has 0 saturated heterocycles. The van der Waals surface area contributed by atoms with Crippen molar-refractivity contribution < 1.29 is 9.90 Å². The lowest BCUT2D eigenvalue weighted by atomic mass is 10.1. The third-order valence-corrected chi connectivity index (χ3v) is 3.78. The van der Waals surface area contributed by atoms with Crippen LogP contribution in [0.15, 0.2) is 35.8 Å². The zero-order valence-corrected chi connectivity index (χ0v) is 11.5. The van der Waals surface area contributed by atoms with Gasteiger partial charge in [-0.1, -0.05) is 19.4 Å². The van der Waals surface area contributed by atoms with E-state index >= 15 is 0 Å². The molecule has 2 aromatic rings. The fourth-order valence-corrected chi connectivity index (χ4v) is 2.70. The number of pyridine rings is 1. The Kier molecular flexibility index (Phi) is 4.52. The number of carboxylic acids is 1. The molecule has 0 aromatic carbocycles. The number of nitrogens with zero attached hydrogens (tertiary/aromatic N) is 1. The van der Waals surface area contributed by atoms with Gasteiger partial charge in [0.2, 0.25) is 0 Å². The lowest BCUT2D eigenvalue weighted by molar-refractivity contribution is 0.0697. The van der Waals surface area contributed by atoms with Gasteiger partial charge in [-0.3, -0.25) is 0 Å². The first-order valence-electron chi connectivity index (χ1n) is 6.20. The van der Waals surface area contributed by atoms with Crippen molar-refractivity contribution >= 4 is 23.1 Å². The van der Waals surface area contributed by atoms with Crippen LogP contribution in [0.25, 0.3) is 0 Å². The van der Waals surface area contributed by atoms with Gasteiger partial charge < -0.3 is 10.4 Å². The second kappa shape index (κ2) is 6.33. The Bertz CT molecular complexity index is 540. The van der Waals surface area contributed by atoms with E-state index in [4.69, 9.17) is 5.11 Å². The molecule has 0 fully saturated rings. The highest BCUT2D eigenvalue weighted by Gasteiger charge is 2.13. The Labute approximate surface area is 116 Å². The van der Waals surface area contributed by atoms with Crippen molar-refractivity contribution in [3.05, 3.63) is 46.3 Å². The Balaban J connectivity index is 2.17. The van der Waals surface area contributed by atoms with E-state index in [9.17, 15) is 4.79 Å². The maximum atomic E-state index is 10.9. The van der Waals surface area contributed by atoms with Crippen LogP contribution in [0.1, 0.15) is 41.0 Å². The number of carbonyl (C=O) groups is 1. The summed E-state index contributed by atoms with van der Waals surface area (Å²) < 4.78 is 0. The molecule has 2 rings (SSSR count). The number of hydrogen-bond acceptors (Lipinski definition) is 4. The van der Waals surface area contributed by atoms with E-state index in [1.165, 1.54) is 17.1 Å². The molecule has 0 radical (unpaired) electrons. The Morgan fingerprint density at radius 1 is 1.53 bits per heavy atom. The summed E-state index contributed by atoms with van der Waals surface area (Å²) in [5.41, 5.74) is 0.249. The molecular weight excluding hydrogens is 260 g/mol. The van der Waals surface area contributed by atoms with Crippen LogP contribution in [-0.4, -0.2) is 16.1 Å². The molecule has 2 heterocycles. The number of rotatable bonds is 6. The number of aromatic carboxylic acids is 1. The first kappa shape index (κ1) is 13.5. The van der Waals surface area contributed by atoms with Crippen LogP contribution in [-0.2, 0) is 0 Å². The fraction of sp³-hybridized carbons (Fsp3) is 0.286. The lowest BCUT2D eigenvalue weighted by Crippen LogP contribution is -2.11. The monoisotopic (exact) mass is 276 g/mol. The molecule has 2 aromatic heterocycles. The molecule has 19 heavy (non-hydrogen) atoms. The van der Waals surface area contributed by atoms with Gasteiger partial charge in [0.25, 0.3) is 0 Å². The predicted molar refractivity (Wildman–Crippen MR) is 76.8 cm³/mol. The summed E-state index contributed by atoms with van der Waals surface area (Å²) in [6, 6.07) is 7.35. The van der Waals surface area contributed by atoms with E-state index in [-0.39, 0.29) is 11.6 Å². The molecule has 0 saturated carbocycles. The van der Waals surface area contributed by atoms with Gasteiger partial charge in [-0.2, -0.15) is 0 Å². The van der Waals surface area contributed by atoms with Crippen LogP contribution >= 0.6 is 11.3 Å². The molecule has 0 aliphatic heterocycles. The van der Waals surface area contributed by atoms with Crippen LogP contribution < -0.4 is 5.32 Å². The minimum Gasteiger partial charge on any atom is -0.478 e. The van der Waals surface area contributed by atoms with Gasteiger partial charge in [0.15, 0.2) is 0 Å². The lowest BCUT2D eigenvalue weighted by Gasteiger charge is -2.17. The number of thiophene rings is 1. The summed E-state index contributed by atoms with van der Waals surface area (Å²) in [4.78, 5) is 16.4. The molecule has 1 atom stereocenters. The van der Waals surface area contributed by atoms with Gasteiger partial charge in [-0.05, 0) is 30.0 Å². The second-order valence-electron chi connectivity index (χ2n) is 4.24. The van der Waals surface area contributed by atoms with Gasteiger partial charge in [0.05, 0.1) is 11.6 Å².